The monoisotopic (exact) mass is 298 g/mol. The highest BCUT2D eigenvalue weighted by Gasteiger charge is 2.15. The first-order chi connectivity index (χ1) is 7.45. The Balaban J connectivity index is 3.25. The Bertz CT molecular complexity index is 159. The molecule has 1 atom stereocenters. The first-order valence-corrected chi connectivity index (χ1v) is 6.65. The number of ether oxygens (including phenoxy) is 3. The average Bonchev–Trinajstić information content (AvgIpc) is 2.13. The van der Waals surface area contributed by atoms with Crippen LogP contribution < -0.4 is 0 Å². The van der Waals surface area contributed by atoms with Crippen molar-refractivity contribution in [1.82, 2.24) is 0 Å². The van der Waals surface area contributed by atoms with Crippen molar-refractivity contribution in [3.63, 3.8) is 0 Å². The Hall–Kier alpha value is 0.320. The molecule has 98 valence electrons. The van der Waals surface area contributed by atoms with Crippen LogP contribution in [0.1, 0.15) is 27.2 Å². The molecule has 0 saturated carbocycles. The molecule has 1 N–H and O–H groups in total. The van der Waals surface area contributed by atoms with Gasteiger partial charge in [0.15, 0.2) is 6.29 Å². The van der Waals surface area contributed by atoms with Gasteiger partial charge in [-0.25, -0.2) is 0 Å². The lowest BCUT2D eigenvalue weighted by Crippen LogP contribution is -2.28. The van der Waals surface area contributed by atoms with Crippen LogP contribution in [0.4, 0.5) is 0 Å². The van der Waals surface area contributed by atoms with Gasteiger partial charge in [-0.2, -0.15) is 0 Å². The molecule has 0 saturated heterocycles. The van der Waals surface area contributed by atoms with Crippen molar-refractivity contribution < 1.29 is 19.3 Å². The molecular weight excluding hydrogens is 276 g/mol. The quantitative estimate of drug-likeness (QED) is 0.401. The lowest BCUT2D eigenvalue weighted by Gasteiger charge is -2.23. The fourth-order valence-electron chi connectivity index (χ4n) is 1.03. The van der Waals surface area contributed by atoms with E-state index < -0.39 is 6.29 Å². The van der Waals surface area contributed by atoms with Crippen LogP contribution in [0.25, 0.3) is 0 Å². The minimum absolute atomic E-state index is 0.321. The lowest BCUT2D eigenvalue weighted by molar-refractivity contribution is -0.173. The van der Waals surface area contributed by atoms with E-state index in [1.165, 1.54) is 0 Å². The second kappa shape index (κ2) is 9.36. The molecule has 0 aliphatic carbocycles. The fraction of sp³-hybridized carbons (Fsp3) is 1.00. The molecule has 5 heteroatoms. The highest BCUT2D eigenvalue weighted by Crippen LogP contribution is 2.11. The van der Waals surface area contributed by atoms with Crippen molar-refractivity contribution in [2.75, 3.05) is 31.8 Å². The molecular formula is C11H23BrO4. The van der Waals surface area contributed by atoms with Crippen LogP contribution in [0.15, 0.2) is 0 Å². The molecule has 0 bridgehead atoms. The summed E-state index contributed by atoms with van der Waals surface area (Å²) in [7, 11) is 0. The molecule has 0 heterocycles. The zero-order valence-corrected chi connectivity index (χ0v) is 12.0. The maximum absolute atomic E-state index is 9.49. The Kier molecular flexibility index (Phi) is 9.55. The van der Waals surface area contributed by atoms with Gasteiger partial charge in [-0.1, -0.05) is 15.9 Å². The lowest BCUT2D eigenvalue weighted by atomic mass is 10.2. The zero-order valence-electron chi connectivity index (χ0n) is 10.4. The largest absolute Gasteiger partial charge is 0.379 e. The van der Waals surface area contributed by atoms with Crippen LogP contribution in [-0.4, -0.2) is 48.8 Å². The summed E-state index contributed by atoms with van der Waals surface area (Å²) < 4.78 is 15.8. The number of aliphatic hydroxyl groups is 1. The Morgan fingerprint density at radius 2 is 1.62 bits per heavy atom. The van der Waals surface area contributed by atoms with Crippen molar-refractivity contribution >= 4 is 15.9 Å². The van der Waals surface area contributed by atoms with E-state index in [0.29, 0.717) is 32.8 Å². The van der Waals surface area contributed by atoms with Crippen molar-refractivity contribution in [3.8, 4) is 0 Å². The van der Waals surface area contributed by atoms with Crippen molar-refractivity contribution in [2.24, 2.45) is 0 Å². The van der Waals surface area contributed by atoms with Crippen LogP contribution in [0.3, 0.4) is 0 Å². The third kappa shape index (κ3) is 12.4. The summed E-state index contributed by atoms with van der Waals surface area (Å²) in [5, 5.41) is 10.3. The molecule has 0 spiro atoms. The molecule has 0 fully saturated rings. The summed E-state index contributed by atoms with van der Waals surface area (Å²) in [6.07, 6.45) is -0.279. The van der Waals surface area contributed by atoms with Crippen LogP contribution >= 0.6 is 15.9 Å². The van der Waals surface area contributed by atoms with E-state index in [1.807, 2.05) is 20.8 Å². The molecule has 16 heavy (non-hydrogen) atoms. The number of hydrogen-bond donors (Lipinski definition) is 1. The summed E-state index contributed by atoms with van der Waals surface area (Å²) in [4.78, 5) is 0. The highest BCUT2D eigenvalue weighted by atomic mass is 79.9. The van der Waals surface area contributed by atoms with E-state index in [9.17, 15) is 5.11 Å². The molecule has 0 rings (SSSR count). The molecule has 0 aliphatic heterocycles. The maximum atomic E-state index is 9.49. The smallest absolute Gasteiger partial charge is 0.157 e. The second-order valence-electron chi connectivity index (χ2n) is 4.39. The number of halogens is 1. The van der Waals surface area contributed by atoms with Crippen molar-refractivity contribution in [1.29, 1.82) is 0 Å². The predicted molar refractivity (Wildman–Crippen MR) is 66.9 cm³/mol. The maximum Gasteiger partial charge on any atom is 0.157 e. The minimum Gasteiger partial charge on any atom is -0.379 e. The summed E-state index contributed by atoms with van der Waals surface area (Å²) >= 11 is 3.26. The van der Waals surface area contributed by atoms with Crippen LogP contribution in [0.5, 0.6) is 0 Å². The van der Waals surface area contributed by atoms with Crippen LogP contribution in [0.2, 0.25) is 0 Å². The third-order valence-corrected chi connectivity index (χ3v) is 1.92. The first kappa shape index (κ1) is 16.3. The molecule has 0 amide bonds. The topological polar surface area (TPSA) is 47.9 Å². The Morgan fingerprint density at radius 3 is 2.12 bits per heavy atom. The van der Waals surface area contributed by atoms with Gasteiger partial charge in [0, 0.05) is 11.8 Å². The predicted octanol–water partition coefficient (Wildman–Crippen LogP) is 1.94. The standard InChI is InChI=1S/C11H23BrO4/c1-11(2,3)16-10(13)4-6-14-8-9-15-7-5-12/h10,13H,4-9H2,1-3H3. The van der Waals surface area contributed by atoms with Gasteiger partial charge >= 0.3 is 0 Å². The van der Waals surface area contributed by atoms with E-state index in [0.717, 1.165) is 5.33 Å². The van der Waals surface area contributed by atoms with Gasteiger partial charge in [0.1, 0.15) is 0 Å². The van der Waals surface area contributed by atoms with E-state index in [4.69, 9.17) is 14.2 Å². The molecule has 0 radical (unpaired) electrons. The van der Waals surface area contributed by atoms with Crippen molar-refractivity contribution in [2.45, 2.75) is 39.1 Å². The Labute approximate surface area is 106 Å². The molecule has 4 nitrogen and oxygen atoms in total. The van der Waals surface area contributed by atoms with E-state index in [2.05, 4.69) is 15.9 Å². The molecule has 0 aromatic rings. The summed E-state index contributed by atoms with van der Waals surface area (Å²) in [6.45, 7) is 8.03. The van der Waals surface area contributed by atoms with Gasteiger partial charge in [-0.3, -0.25) is 0 Å². The van der Waals surface area contributed by atoms with Gasteiger partial charge in [0.05, 0.1) is 32.0 Å². The third-order valence-electron chi connectivity index (χ3n) is 1.59. The van der Waals surface area contributed by atoms with E-state index in [-0.39, 0.29) is 5.60 Å². The number of rotatable bonds is 9. The van der Waals surface area contributed by atoms with Crippen molar-refractivity contribution in [3.05, 3.63) is 0 Å². The first-order valence-electron chi connectivity index (χ1n) is 5.53. The van der Waals surface area contributed by atoms with Crippen LogP contribution in [0, 0.1) is 0 Å². The van der Waals surface area contributed by atoms with Gasteiger partial charge in [-0.05, 0) is 20.8 Å². The molecule has 1 unspecified atom stereocenters. The van der Waals surface area contributed by atoms with Crippen LogP contribution in [-0.2, 0) is 14.2 Å². The summed E-state index contributed by atoms with van der Waals surface area (Å²) in [5.41, 5.74) is -0.321. The summed E-state index contributed by atoms with van der Waals surface area (Å²) in [5.74, 6) is 0. The van der Waals surface area contributed by atoms with Gasteiger partial charge in [0.25, 0.3) is 0 Å². The highest BCUT2D eigenvalue weighted by molar-refractivity contribution is 9.09. The number of aliphatic hydroxyl groups excluding tert-OH is 1. The number of alkyl halides is 1. The molecule has 0 aliphatic rings. The Morgan fingerprint density at radius 1 is 1.06 bits per heavy atom. The fourth-order valence-corrected chi connectivity index (χ4v) is 1.26. The molecule has 0 aromatic carbocycles. The SMILES string of the molecule is CC(C)(C)OC(O)CCOCCOCCBr. The number of hydrogen-bond acceptors (Lipinski definition) is 4. The van der Waals surface area contributed by atoms with E-state index >= 15 is 0 Å². The zero-order chi connectivity index (χ0) is 12.4. The summed E-state index contributed by atoms with van der Waals surface area (Å²) in [6, 6.07) is 0. The average molecular weight is 299 g/mol. The van der Waals surface area contributed by atoms with Gasteiger partial charge in [0.2, 0.25) is 0 Å². The minimum atomic E-state index is -0.761. The second-order valence-corrected chi connectivity index (χ2v) is 5.18. The normalized spacial score (nSPS) is 14.1. The van der Waals surface area contributed by atoms with E-state index in [1.54, 1.807) is 0 Å². The van der Waals surface area contributed by atoms with Gasteiger partial charge < -0.3 is 19.3 Å². The molecule has 0 aromatic heterocycles. The van der Waals surface area contributed by atoms with Gasteiger partial charge in [-0.15, -0.1) is 0 Å².